The average molecular weight is 259 g/mol. The molecule has 100 valence electrons. The number of aliphatic hydroxyl groups is 1. The highest BCUT2D eigenvalue weighted by atomic mass is 16.3. The summed E-state index contributed by atoms with van der Waals surface area (Å²) in [6.45, 7) is 0. The molecule has 5 nitrogen and oxygen atoms in total. The fraction of sp³-hybridized carbons (Fsp3) is 0.429. The lowest BCUT2D eigenvalue weighted by atomic mass is 9.93. The van der Waals surface area contributed by atoms with E-state index in [4.69, 9.17) is 4.42 Å². The Balaban J connectivity index is 1.70. The molecule has 1 fully saturated rings. The van der Waals surface area contributed by atoms with Crippen molar-refractivity contribution in [2.75, 3.05) is 5.32 Å². The minimum Gasteiger partial charge on any atom is -0.472 e. The SMILES string of the molecule is OC1CCC(Nc2cc(-c3ccoc3)ncn2)CC1. The molecule has 1 aliphatic rings. The largest absolute Gasteiger partial charge is 0.472 e. The molecule has 0 aromatic carbocycles. The molecule has 3 rings (SSSR count). The number of nitrogens with zero attached hydrogens (tertiary/aromatic N) is 2. The lowest BCUT2D eigenvalue weighted by Crippen LogP contribution is -2.28. The highest BCUT2D eigenvalue weighted by molar-refractivity contribution is 5.60. The van der Waals surface area contributed by atoms with Crippen LogP contribution in [0.5, 0.6) is 0 Å². The van der Waals surface area contributed by atoms with Crippen LogP contribution in [-0.4, -0.2) is 27.2 Å². The van der Waals surface area contributed by atoms with Crippen molar-refractivity contribution in [2.45, 2.75) is 37.8 Å². The predicted octanol–water partition coefficient (Wildman–Crippen LogP) is 2.45. The topological polar surface area (TPSA) is 71.2 Å². The smallest absolute Gasteiger partial charge is 0.130 e. The monoisotopic (exact) mass is 259 g/mol. The van der Waals surface area contributed by atoms with Gasteiger partial charge in [0.25, 0.3) is 0 Å². The summed E-state index contributed by atoms with van der Waals surface area (Å²) in [6, 6.07) is 4.19. The van der Waals surface area contributed by atoms with Crippen molar-refractivity contribution in [3.63, 3.8) is 0 Å². The molecular formula is C14H17N3O2. The zero-order chi connectivity index (χ0) is 13.1. The minimum atomic E-state index is -0.134. The molecule has 0 spiro atoms. The Morgan fingerprint density at radius 1 is 1.21 bits per heavy atom. The molecule has 0 aliphatic heterocycles. The maximum atomic E-state index is 9.50. The predicted molar refractivity (Wildman–Crippen MR) is 71.6 cm³/mol. The van der Waals surface area contributed by atoms with Crippen LogP contribution < -0.4 is 5.32 Å². The Labute approximate surface area is 111 Å². The zero-order valence-corrected chi connectivity index (χ0v) is 10.6. The number of hydrogen-bond donors (Lipinski definition) is 2. The first-order valence-electron chi connectivity index (χ1n) is 6.60. The van der Waals surface area contributed by atoms with Crippen LogP contribution in [0.2, 0.25) is 0 Å². The zero-order valence-electron chi connectivity index (χ0n) is 10.6. The molecule has 2 aromatic heterocycles. The molecule has 0 radical (unpaired) electrons. The third kappa shape index (κ3) is 2.93. The summed E-state index contributed by atoms with van der Waals surface area (Å²) >= 11 is 0. The Kier molecular flexibility index (Phi) is 3.46. The standard InChI is InChI=1S/C14H17N3O2/c18-12-3-1-11(2-4-12)17-14-7-13(15-9-16-14)10-5-6-19-8-10/h5-9,11-12,18H,1-4H2,(H,15,16,17). The molecule has 0 saturated heterocycles. The van der Waals surface area contributed by atoms with E-state index in [0.717, 1.165) is 42.8 Å². The van der Waals surface area contributed by atoms with Gasteiger partial charge in [-0.15, -0.1) is 0 Å². The van der Waals surface area contributed by atoms with E-state index in [9.17, 15) is 5.11 Å². The normalized spacial score (nSPS) is 23.2. The molecule has 1 aliphatic carbocycles. The molecule has 0 amide bonds. The maximum Gasteiger partial charge on any atom is 0.130 e. The number of furan rings is 1. The fourth-order valence-electron chi connectivity index (χ4n) is 2.43. The number of anilines is 1. The summed E-state index contributed by atoms with van der Waals surface area (Å²) in [5.74, 6) is 0.826. The number of rotatable bonds is 3. The van der Waals surface area contributed by atoms with Gasteiger partial charge in [0.2, 0.25) is 0 Å². The van der Waals surface area contributed by atoms with Crippen molar-refractivity contribution in [3.05, 3.63) is 31.0 Å². The van der Waals surface area contributed by atoms with Gasteiger partial charge in [-0.25, -0.2) is 9.97 Å². The van der Waals surface area contributed by atoms with Crippen LogP contribution in [0.4, 0.5) is 5.82 Å². The van der Waals surface area contributed by atoms with E-state index in [1.807, 2.05) is 12.1 Å². The van der Waals surface area contributed by atoms with Crippen LogP contribution in [0.1, 0.15) is 25.7 Å². The van der Waals surface area contributed by atoms with Crippen LogP contribution in [0.25, 0.3) is 11.3 Å². The Morgan fingerprint density at radius 3 is 2.79 bits per heavy atom. The van der Waals surface area contributed by atoms with Crippen LogP contribution >= 0.6 is 0 Å². The molecule has 1 saturated carbocycles. The summed E-state index contributed by atoms with van der Waals surface area (Å²) < 4.78 is 5.06. The molecular weight excluding hydrogens is 242 g/mol. The number of aliphatic hydroxyl groups excluding tert-OH is 1. The minimum absolute atomic E-state index is 0.134. The fourth-order valence-corrected chi connectivity index (χ4v) is 2.43. The van der Waals surface area contributed by atoms with Gasteiger partial charge in [0.15, 0.2) is 0 Å². The van der Waals surface area contributed by atoms with Gasteiger partial charge in [0, 0.05) is 17.7 Å². The van der Waals surface area contributed by atoms with Gasteiger partial charge in [-0.2, -0.15) is 0 Å². The lowest BCUT2D eigenvalue weighted by Gasteiger charge is -2.26. The quantitative estimate of drug-likeness (QED) is 0.886. The van der Waals surface area contributed by atoms with E-state index >= 15 is 0 Å². The highest BCUT2D eigenvalue weighted by Crippen LogP contribution is 2.23. The van der Waals surface area contributed by atoms with Gasteiger partial charge in [0.1, 0.15) is 12.1 Å². The van der Waals surface area contributed by atoms with Gasteiger partial charge in [-0.1, -0.05) is 0 Å². The van der Waals surface area contributed by atoms with Crippen molar-refractivity contribution < 1.29 is 9.52 Å². The van der Waals surface area contributed by atoms with Gasteiger partial charge >= 0.3 is 0 Å². The lowest BCUT2D eigenvalue weighted by molar-refractivity contribution is 0.126. The average Bonchev–Trinajstić information content (AvgIpc) is 2.96. The van der Waals surface area contributed by atoms with Crippen molar-refractivity contribution >= 4 is 5.82 Å². The molecule has 0 unspecified atom stereocenters. The molecule has 2 N–H and O–H groups in total. The Hall–Kier alpha value is -1.88. The van der Waals surface area contributed by atoms with Crippen molar-refractivity contribution in [1.82, 2.24) is 9.97 Å². The maximum absolute atomic E-state index is 9.50. The Bertz CT molecular complexity index is 519. The summed E-state index contributed by atoms with van der Waals surface area (Å²) in [4.78, 5) is 8.48. The van der Waals surface area contributed by atoms with Gasteiger partial charge in [-0.3, -0.25) is 0 Å². The third-order valence-electron chi connectivity index (χ3n) is 3.53. The molecule has 0 atom stereocenters. The van der Waals surface area contributed by atoms with E-state index in [1.54, 1.807) is 18.9 Å². The first-order chi connectivity index (χ1) is 9.31. The molecule has 19 heavy (non-hydrogen) atoms. The second kappa shape index (κ2) is 5.40. The van der Waals surface area contributed by atoms with E-state index in [0.29, 0.717) is 6.04 Å². The first-order valence-corrected chi connectivity index (χ1v) is 6.60. The second-order valence-electron chi connectivity index (χ2n) is 4.95. The van der Waals surface area contributed by atoms with E-state index in [2.05, 4.69) is 15.3 Å². The first kappa shape index (κ1) is 12.2. The highest BCUT2D eigenvalue weighted by Gasteiger charge is 2.19. The summed E-state index contributed by atoms with van der Waals surface area (Å²) in [5.41, 5.74) is 1.80. The number of hydrogen-bond acceptors (Lipinski definition) is 5. The molecule has 5 heteroatoms. The summed E-state index contributed by atoms with van der Waals surface area (Å²) in [5, 5.41) is 12.9. The molecule has 2 heterocycles. The van der Waals surface area contributed by atoms with Crippen molar-refractivity contribution in [1.29, 1.82) is 0 Å². The van der Waals surface area contributed by atoms with Crippen molar-refractivity contribution in [2.24, 2.45) is 0 Å². The number of aromatic nitrogens is 2. The van der Waals surface area contributed by atoms with Crippen LogP contribution in [0.3, 0.4) is 0 Å². The van der Waals surface area contributed by atoms with Gasteiger partial charge < -0.3 is 14.8 Å². The van der Waals surface area contributed by atoms with E-state index in [1.165, 1.54) is 0 Å². The molecule has 2 aromatic rings. The second-order valence-corrected chi connectivity index (χ2v) is 4.95. The Morgan fingerprint density at radius 2 is 2.05 bits per heavy atom. The van der Waals surface area contributed by atoms with Gasteiger partial charge in [0.05, 0.1) is 24.3 Å². The molecule has 0 bridgehead atoms. The summed E-state index contributed by atoms with van der Waals surface area (Å²) in [6.07, 6.45) is 8.40. The van der Waals surface area contributed by atoms with Gasteiger partial charge in [-0.05, 0) is 31.7 Å². The van der Waals surface area contributed by atoms with Crippen LogP contribution in [-0.2, 0) is 0 Å². The third-order valence-corrected chi connectivity index (χ3v) is 3.53. The van der Waals surface area contributed by atoms with Crippen LogP contribution in [0.15, 0.2) is 35.4 Å². The van der Waals surface area contributed by atoms with E-state index < -0.39 is 0 Å². The summed E-state index contributed by atoms with van der Waals surface area (Å²) in [7, 11) is 0. The van der Waals surface area contributed by atoms with Crippen LogP contribution in [0, 0.1) is 0 Å². The van der Waals surface area contributed by atoms with E-state index in [-0.39, 0.29) is 6.10 Å². The number of nitrogens with one attached hydrogen (secondary N) is 1. The van der Waals surface area contributed by atoms with Crippen molar-refractivity contribution in [3.8, 4) is 11.3 Å².